The Morgan fingerprint density at radius 1 is 0.957 bits per heavy atom. The molecule has 2 heteroatoms. The largest absolute Gasteiger partial charge is 0.159 e. The summed E-state index contributed by atoms with van der Waals surface area (Å²) in [6.07, 6.45) is 8.86. The summed E-state index contributed by atoms with van der Waals surface area (Å²) in [4.78, 5) is 0. The summed E-state index contributed by atoms with van der Waals surface area (Å²) in [6.45, 7) is 7.93. The minimum absolute atomic E-state index is 1.07. The molecule has 2 aromatic carbocycles. The first-order valence-corrected chi connectivity index (χ1v) is 8.02. The molecule has 0 radical (unpaired) electrons. The normalized spacial score (nSPS) is 11.4. The van der Waals surface area contributed by atoms with Gasteiger partial charge in [0, 0.05) is 0 Å². The highest BCUT2D eigenvalue weighted by atomic mass is 15.2. The molecule has 0 fully saturated rings. The quantitative estimate of drug-likeness (QED) is 0.288. The van der Waals surface area contributed by atoms with Gasteiger partial charge in [-0.2, -0.15) is 10.2 Å². The van der Waals surface area contributed by atoms with Crippen LogP contribution in [0.25, 0.3) is 0 Å². The maximum absolute atomic E-state index is 4.14. The predicted octanol–water partition coefficient (Wildman–Crippen LogP) is 5.27. The Morgan fingerprint density at radius 3 is 2.39 bits per heavy atom. The van der Waals surface area contributed by atoms with E-state index in [0.29, 0.717) is 0 Å². The second kappa shape index (κ2) is 8.84. The van der Waals surface area contributed by atoms with E-state index < -0.39 is 0 Å². The molecule has 0 heterocycles. The first-order chi connectivity index (χ1) is 11.2. The van der Waals surface area contributed by atoms with Crippen molar-refractivity contribution in [3.05, 3.63) is 82.9 Å². The molecule has 0 N–H and O–H groups in total. The van der Waals surface area contributed by atoms with Gasteiger partial charge in [-0.15, -0.1) is 6.58 Å². The fourth-order valence-electron chi connectivity index (χ4n) is 2.39. The van der Waals surface area contributed by atoms with E-state index in [2.05, 4.69) is 73.1 Å². The summed E-state index contributed by atoms with van der Waals surface area (Å²) >= 11 is 0. The average Bonchev–Trinajstić information content (AvgIpc) is 2.55. The summed E-state index contributed by atoms with van der Waals surface area (Å²) in [5.74, 6) is 0. The van der Waals surface area contributed by atoms with Crippen LogP contribution in [0, 0.1) is 13.8 Å². The molecule has 0 unspecified atom stereocenters. The Bertz CT molecular complexity index is 694. The molecule has 0 saturated carbocycles. The van der Waals surface area contributed by atoms with Gasteiger partial charge in [-0.1, -0.05) is 54.1 Å². The number of hydrogen-bond donors (Lipinski definition) is 0. The maximum atomic E-state index is 4.14. The fraction of sp³-hybridized carbons (Fsp3) is 0.238. The first-order valence-electron chi connectivity index (χ1n) is 8.02. The fourth-order valence-corrected chi connectivity index (χ4v) is 2.39. The molecule has 118 valence electrons. The van der Waals surface area contributed by atoms with Crippen LogP contribution in [-0.4, -0.2) is 12.4 Å². The zero-order chi connectivity index (χ0) is 16.5. The molecule has 2 aromatic rings. The van der Waals surface area contributed by atoms with Crippen LogP contribution >= 0.6 is 0 Å². The summed E-state index contributed by atoms with van der Waals surface area (Å²) < 4.78 is 0. The number of rotatable bonds is 7. The molecule has 2 rings (SSSR count). The number of aryl methyl sites for hydroxylation is 3. The third-order valence-corrected chi connectivity index (χ3v) is 3.75. The van der Waals surface area contributed by atoms with Crippen molar-refractivity contribution in [2.45, 2.75) is 33.1 Å². The predicted molar refractivity (Wildman–Crippen MR) is 101 cm³/mol. The summed E-state index contributed by atoms with van der Waals surface area (Å²) in [5.41, 5.74) is 5.99. The van der Waals surface area contributed by atoms with E-state index in [9.17, 15) is 0 Å². The molecular weight excluding hydrogens is 280 g/mol. The third-order valence-electron chi connectivity index (χ3n) is 3.75. The molecule has 2 nitrogen and oxygen atoms in total. The Labute approximate surface area is 139 Å². The van der Waals surface area contributed by atoms with Crippen molar-refractivity contribution in [2.75, 3.05) is 0 Å². The van der Waals surface area contributed by atoms with E-state index in [0.717, 1.165) is 30.4 Å². The van der Waals surface area contributed by atoms with E-state index in [1.165, 1.54) is 16.7 Å². The van der Waals surface area contributed by atoms with Gasteiger partial charge in [0.2, 0.25) is 0 Å². The number of benzene rings is 2. The first kappa shape index (κ1) is 16.9. The summed E-state index contributed by atoms with van der Waals surface area (Å²) in [7, 11) is 0. The zero-order valence-electron chi connectivity index (χ0n) is 14.0. The average molecular weight is 304 g/mol. The van der Waals surface area contributed by atoms with Gasteiger partial charge in [0.25, 0.3) is 0 Å². The molecule has 0 aliphatic rings. The minimum atomic E-state index is 1.07. The number of allylic oxidation sites excluding steroid dienone is 1. The monoisotopic (exact) mass is 304 g/mol. The highest BCUT2D eigenvalue weighted by Gasteiger charge is 1.95. The minimum Gasteiger partial charge on any atom is -0.159 e. The van der Waals surface area contributed by atoms with E-state index in [1.807, 2.05) is 6.08 Å². The smallest absolute Gasteiger partial charge is 0.0570 e. The summed E-state index contributed by atoms with van der Waals surface area (Å²) in [6, 6.07) is 14.8. The van der Waals surface area contributed by atoms with Crippen LogP contribution in [0.1, 0.15) is 40.7 Å². The molecule has 0 aromatic heterocycles. The van der Waals surface area contributed by atoms with Gasteiger partial charge < -0.3 is 0 Å². The SMILES string of the molecule is C=CCCCc1ccc(/C=N/N=C/c2ccc(C)cc2C)cc1. The topological polar surface area (TPSA) is 24.7 Å². The highest BCUT2D eigenvalue weighted by Crippen LogP contribution is 2.09. The van der Waals surface area contributed by atoms with Crippen LogP contribution in [0.15, 0.2) is 65.3 Å². The van der Waals surface area contributed by atoms with Crippen molar-refractivity contribution in [3.63, 3.8) is 0 Å². The van der Waals surface area contributed by atoms with Crippen molar-refractivity contribution in [2.24, 2.45) is 10.2 Å². The van der Waals surface area contributed by atoms with E-state index >= 15 is 0 Å². The highest BCUT2D eigenvalue weighted by molar-refractivity contribution is 5.83. The van der Waals surface area contributed by atoms with Crippen LogP contribution in [0.4, 0.5) is 0 Å². The van der Waals surface area contributed by atoms with Gasteiger partial charge in [0.15, 0.2) is 0 Å². The summed E-state index contributed by atoms with van der Waals surface area (Å²) in [5, 5.41) is 8.28. The number of unbranched alkanes of at least 4 members (excludes halogenated alkanes) is 1. The van der Waals surface area contributed by atoms with Crippen LogP contribution in [0.3, 0.4) is 0 Å². The second-order valence-corrected chi connectivity index (χ2v) is 5.77. The van der Waals surface area contributed by atoms with Crippen molar-refractivity contribution in [1.29, 1.82) is 0 Å². The molecule has 0 atom stereocenters. The number of hydrogen-bond acceptors (Lipinski definition) is 2. The van der Waals surface area contributed by atoms with Crippen molar-refractivity contribution in [1.82, 2.24) is 0 Å². The van der Waals surface area contributed by atoms with E-state index in [1.54, 1.807) is 12.4 Å². The lowest BCUT2D eigenvalue weighted by Gasteiger charge is -2.00. The van der Waals surface area contributed by atoms with Gasteiger partial charge in [0.1, 0.15) is 0 Å². The van der Waals surface area contributed by atoms with Gasteiger partial charge in [0.05, 0.1) is 12.4 Å². The molecule has 0 aliphatic carbocycles. The lowest BCUT2D eigenvalue weighted by molar-refractivity contribution is 0.844. The van der Waals surface area contributed by atoms with Gasteiger partial charge in [-0.3, -0.25) is 0 Å². The maximum Gasteiger partial charge on any atom is 0.0570 e. The number of nitrogens with zero attached hydrogens (tertiary/aromatic N) is 2. The van der Waals surface area contributed by atoms with E-state index in [4.69, 9.17) is 0 Å². The molecule has 0 amide bonds. The second-order valence-electron chi connectivity index (χ2n) is 5.77. The lowest BCUT2D eigenvalue weighted by Crippen LogP contribution is -1.88. The Morgan fingerprint density at radius 2 is 1.70 bits per heavy atom. The van der Waals surface area contributed by atoms with Crippen molar-refractivity contribution >= 4 is 12.4 Å². The van der Waals surface area contributed by atoms with Gasteiger partial charge in [-0.25, -0.2) is 0 Å². The molecular formula is C21H24N2. The molecule has 23 heavy (non-hydrogen) atoms. The van der Waals surface area contributed by atoms with Crippen LogP contribution < -0.4 is 0 Å². The molecule has 0 spiro atoms. The van der Waals surface area contributed by atoms with Crippen LogP contribution in [0.2, 0.25) is 0 Å². The van der Waals surface area contributed by atoms with Crippen LogP contribution in [-0.2, 0) is 6.42 Å². The Kier molecular flexibility index (Phi) is 6.49. The lowest BCUT2D eigenvalue weighted by atomic mass is 10.1. The molecule has 0 aliphatic heterocycles. The van der Waals surface area contributed by atoms with Crippen molar-refractivity contribution < 1.29 is 0 Å². The van der Waals surface area contributed by atoms with E-state index in [-0.39, 0.29) is 0 Å². The Hall–Kier alpha value is -2.48. The molecule has 0 saturated heterocycles. The molecule has 0 bridgehead atoms. The van der Waals surface area contributed by atoms with Gasteiger partial charge in [-0.05, 0) is 55.4 Å². The zero-order valence-corrected chi connectivity index (χ0v) is 14.0. The van der Waals surface area contributed by atoms with Crippen LogP contribution in [0.5, 0.6) is 0 Å². The standard InChI is InChI=1S/C21H24N2/c1-4-5-6-7-19-9-11-20(12-10-19)15-22-23-16-21-13-8-17(2)14-18(21)3/h4,8-16H,1,5-7H2,2-3H3/b22-15+,23-16+. The Balaban J connectivity index is 1.92. The van der Waals surface area contributed by atoms with Gasteiger partial charge >= 0.3 is 0 Å². The third kappa shape index (κ3) is 5.67. The van der Waals surface area contributed by atoms with Crippen molar-refractivity contribution in [3.8, 4) is 0 Å².